The SMILES string of the molecule is C[C@H](OC(=O)CNC(=O)c1cccc(F)c1)C(=O)Nc1ccccc1[N+](=O)[O-]. The molecule has 0 saturated heterocycles. The Morgan fingerprint density at radius 2 is 1.89 bits per heavy atom. The number of esters is 1. The molecule has 0 aliphatic heterocycles. The molecule has 2 aromatic carbocycles. The highest BCUT2D eigenvalue weighted by Crippen LogP contribution is 2.23. The van der Waals surface area contributed by atoms with Crippen molar-refractivity contribution in [1.29, 1.82) is 0 Å². The summed E-state index contributed by atoms with van der Waals surface area (Å²) in [6, 6.07) is 10.4. The summed E-state index contributed by atoms with van der Waals surface area (Å²) in [6.45, 7) is 0.731. The van der Waals surface area contributed by atoms with Gasteiger partial charge >= 0.3 is 5.97 Å². The molecule has 2 N–H and O–H groups in total. The lowest BCUT2D eigenvalue weighted by atomic mass is 10.2. The smallest absolute Gasteiger partial charge is 0.326 e. The van der Waals surface area contributed by atoms with Crippen molar-refractivity contribution in [3.63, 3.8) is 0 Å². The molecule has 2 rings (SSSR count). The first-order chi connectivity index (χ1) is 13.3. The number of nitro groups is 1. The Kier molecular flexibility index (Phi) is 6.74. The van der Waals surface area contributed by atoms with Crippen LogP contribution in [-0.2, 0) is 14.3 Å². The van der Waals surface area contributed by atoms with Crippen LogP contribution in [0.1, 0.15) is 17.3 Å². The van der Waals surface area contributed by atoms with Gasteiger partial charge in [0, 0.05) is 11.6 Å². The quantitative estimate of drug-likeness (QED) is 0.424. The second-order valence-corrected chi connectivity index (χ2v) is 5.59. The Bertz CT molecular complexity index is 918. The molecule has 1 atom stereocenters. The highest BCUT2D eigenvalue weighted by molar-refractivity contribution is 5.98. The van der Waals surface area contributed by atoms with E-state index < -0.39 is 41.2 Å². The summed E-state index contributed by atoms with van der Waals surface area (Å²) in [7, 11) is 0. The third-order valence-electron chi connectivity index (χ3n) is 3.52. The molecule has 0 aromatic heterocycles. The minimum absolute atomic E-state index is 0.0231. The van der Waals surface area contributed by atoms with Gasteiger partial charge in [-0.2, -0.15) is 0 Å². The fraction of sp³-hybridized carbons (Fsp3) is 0.167. The largest absolute Gasteiger partial charge is 0.451 e. The second kappa shape index (κ2) is 9.21. The van der Waals surface area contributed by atoms with E-state index in [1.54, 1.807) is 0 Å². The lowest BCUT2D eigenvalue weighted by molar-refractivity contribution is -0.383. The summed E-state index contributed by atoms with van der Waals surface area (Å²) in [5.41, 5.74) is -0.327. The first-order valence-electron chi connectivity index (χ1n) is 8.05. The van der Waals surface area contributed by atoms with Crippen molar-refractivity contribution in [3.05, 3.63) is 70.0 Å². The van der Waals surface area contributed by atoms with Gasteiger partial charge in [-0.25, -0.2) is 4.39 Å². The average Bonchev–Trinajstić information content (AvgIpc) is 2.66. The van der Waals surface area contributed by atoms with E-state index in [2.05, 4.69) is 10.6 Å². The van der Waals surface area contributed by atoms with E-state index in [9.17, 15) is 28.9 Å². The van der Waals surface area contributed by atoms with Crippen molar-refractivity contribution in [1.82, 2.24) is 5.32 Å². The Hall–Kier alpha value is -3.82. The first kappa shape index (κ1) is 20.5. The number of ether oxygens (including phenoxy) is 1. The van der Waals surface area contributed by atoms with Crippen LogP contribution < -0.4 is 10.6 Å². The second-order valence-electron chi connectivity index (χ2n) is 5.59. The zero-order valence-electron chi connectivity index (χ0n) is 14.7. The Morgan fingerprint density at radius 1 is 1.18 bits per heavy atom. The van der Waals surface area contributed by atoms with Crippen molar-refractivity contribution < 1.29 is 28.4 Å². The Balaban J connectivity index is 1.87. The van der Waals surface area contributed by atoms with Gasteiger partial charge in [-0.05, 0) is 31.2 Å². The summed E-state index contributed by atoms with van der Waals surface area (Å²) in [4.78, 5) is 46.0. The molecule has 10 heteroatoms. The minimum atomic E-state index is -1.27. The van der Waals surface area contributed by atoms with E-state index in [0.717, 1.165) is 6.07 Å². The van der Waals surface area contributed by atoms with Crippen molar-refractivity contribution in [2.24, 2.45) is 0 Å². The zero-order chi connectivity index (χ0) is 20.7. The Labute approximate surface area is 158 Å². The van der Waals surface area contributed by atoms with Crippen LogP contribution in [0.5, 0.6) is 0 Å². The molecule has 0 fully saturated rings. The molecule has 0 saturated carbocycles. The van der Waals surface area contributed by atoms with E-state index in [1.807, 2.05) is 0 Å². The summed E-state index contributed by atoms with van der Waals surface area (Å²) >= 11 is 0. The average molecular weight is 389 g/mol. The molecule has 2 amide bonds. The van der Waals surface area contributed by atoms with Gasteiger partial charge in [-0.15, -0.1) is 0 Å². The van der Waals surface area contributed by atoms with E-state index in [0.29, 0.717) is 0 Å². The number of carbonyl (C=O) groups is 3. The maximum Gasteiger partial charge on any atom is 0.326 e. The maximum atomic E-state index is 13.1. The standard InChI is InChI=1S/C18H16FN3O6/c1-11(17(24)21-14-7-2-3-8-15(14)22(26)27)28-16(23)10-20-18(25)12-5-4-6-13(19)9-12/h2-9,11H,10H2,1H3,(H,20,25)(H,21,24)/t11-/m0/s1. The number of hydrogen-bond acceptors (Lipinski definition) is 6. The van der Waals surface area contributed by atoms with Crippen LogP contribution in [0.15, 0.2) is 48.5 Å². The van der Waals surface area contributed by atoms with E-state index in [1.165, 1.54) is 49.4 Å². The number of nitro benzene ring substituents is 1. The molecule has 146 valence electrons. The number of anilines is 1. The molecule has 0 bridgehead atoms. The fourth-order valence-electron chi connectivity index (χ4n) is 2.15. The van der Waals surface area contributed by atoms with E-state index >= 15 is 0 Å². The normalized spacial score (nSPS) is 11.2. The molecule has 0 heterocycles. The van der Waals surface area contributed by atoms with Crippen LogP contribution in [0.2, 0.25) is 0 Å². The van der Waals surface area contributed by atoms with Crippen molar-refractivity contribution >= 4 is 29.2 Å². The topological polar surface area (TPSA) is 128 Å². The van der Waals surface area contributed by atoms with Gasteiger partial charge in [0.05, 0.1) is 4.92 Å². The summed E-state index contributed by atoms with van der Waals surface area (Å²) in [5, 5.41) is 15.5. The molecular weight excluding hydrogens is 373 g/mol. The molecular formula is C18H16FN3O6. The number of nitrogens with one attached hydrogen (secondary N) is 2. The van der Waals surface area contributed by atoms with Crippen LogP contribution in [0, 0.1) is 15.9 Å². The van der Waals surface area contributed by atoms with Crippen LogP contribution in [-0.4, -0.2) is 35.4 Å². The van der Waals surface area contributed by atoms with Gasteiger partial charge in [0.2, 0.25) is 0 Å². The molecule has 0 radical (unpaired) electrons. The minimum Gasteiger partial charge on any atom is -0.451 e. The molecule has 28 heavy (non-hydrogen) atoms. The fourth-order valence-corrected chi connectivity index (χ4v) is 2.15. The van der Waals surface area contributed by atoms with Gasteiger partial charge in [0.1, 0.15) is 18.0 Å². The molecule has 0 aliphatic carbocycles. The summed E-state index contributed by atoms with van der Waals surface area (Å²) in [6.07, 6.45) is -1.27. The molecule has 9 nitrogen and oxygen atoms in total. The number of para-hydroxylation sites is 2. The van der Waals surface area contributed by atoms with Gasteiger partial charge in [-0.3, -0.25) is 24.5 Å². The van der Waals surface area contributed by atoms with Gasteiger partial charge in [0.25, 0.3) is 17.5 Å². The molecule has 0 unspecified atom stereocenters. The van der Waals surface area contributed by atoms with Crippen LogP contribution in [0.4, 0.5) is 15.8 Å². The highest BCUT2D eigenvalue weighted by Gasteiger charge is 2.21. The number of hydrogen-bond donors (Lipinski definition) is 2. The van der Waals surface area contributed by atoms with Crippen molar-refractivity contribution in [3.8, 4) is 0 Å². The third-order valence-corrected chi connectivity index (χ3v) is 3.52. The number of amides is 2. The lowest BCUT2D eigenvalue weighted by Gasteiger charge is -2.14. The third kappa shape index (κ3) is 5.59. The van der Waals surface area contributed by atoms with Crippen LogP contribution in [0.3, 0.4) is 0 Å². The number of rotatable bonds is 7. The number of benzene rings is 2. The van der Waals surface area contributed by atoms with Crippen molar-refractivity contribution in [2.75, 3.05) is 11.9 Å². The molecule has 2 aromatic rings. The lowest BCUT2D eigenvalue weighted by Crippen LogP contribution is -2.36. The van der Waals surface area contributed by atoms with Crippen molar-refractivity contribution in [2.45, 2.75) is 13.0 Å². The predicted molar refractivity (Wildman–Crippen MR) is 96.0 cm³/mol. The number of nitrogens with zero attached hydrogens (tertiary/aromatic N) is 1. The predicted octanol–water partition coefficient (Wildman–Crippen LogP) is 2.03. The van der Waals surface area contributed by atoms with Gasteiger partial charge in [0.15, 0.2) is 6.10 Å². The highest BCUT2D eigenvalue weighted by atomic mass is 19.1. The van der Waals surface area contributed by atoms with E-state index in [4.69, 9.17) is 4.74 Å². The first-order valence-corrected chi connectivity index (χ1v) is 8.05. The number of halogens is 1. The molecule has 0 aliphatic rings. The van der Waals surface area contributed by atoms with Crippen LogP contribution in [0.25, 0.3) is 0 Å². The summed E-state index contributed by atoms with van der Waals surface area (Å²) in [5.74, 6) is -2.97. The Morgan fingerprint density at radius 3 is 2.57 bits per heavy atom. The van der Waals surface area contributed by atoms with Crippen LogP contribution >= 0.6 is 0 Å². The number of carbonyl (C=O) groups excluding carboxylic acids is 3. The van der Waals surface area contributed by atoms with Gasteiger partial charge < -0.3 is 15.4 Å². The maximum absolute atomic E-state index is 13.1. The summed E-state index contributed by atoms with van der Waals surface area (Å²) < 4.78 is 18.0. The molecule has 0 spiro atoms. The monoisotopic (exact) mass is 389 g/mol. The van der Waals surface area contributed by atoms with Gasteiger partial charge in [-0.1, -0.05) is 18.2 Å². The zero-order valence-corrected chi connectivity index (χ0v) is 14.7. The van der Waals surface area contributed by atoms with E-state index in [-0.39, 0.29) is 16.9 Å².